The van der Waals surface area contributed by atoms with Crippen LogP contribution in [-0.4, -0.2) is 91.0 Å². The minimum Gasteiger partial charge on any atom is -0.497 e. The van der Waals surface area contributed by atoms with Crippen LogP contribution in [0.3, 0.4) is 0 Å². The Bertz CT molecular complexity index is 1100. The van der Waals surface area contributed by atoms with Crippen molar-refractivity contribution in [2.75, 3.05) is 37.2 Å². The van der Waals surface area contributed by atoms with Gasteiger partial charge < -0.3 is 14.8 Å². The molecule has 0 aliphatic carbocycles. The standard InChI is InChI=1S/C16H22N2O8S3/c1-25-10-3-4-16(15(5-10)26-2)29(23,24)18-13-8-27(19,20)6-11(13)17-12-7-28(21,22)9-14(12)18/h3-5,11-14,17H,6-9H2,1-2H3/t11-,12+,13+,14-. The lowest BCUT2D eigenvalue weighted by Crippen LogP contribution is -2.67. The first-order chi connectivity index (χ1) is 13.5. The Hall–Kier alpha value is -1.41. The number of nitrogens with zero attached hydrogens (tertiary/aromatic N) is 1. The monoisotopic (exact) mass is 466 g/mol. The van der Waals surface area contributed by atoms with E-state index in [0.717, 1.165) is 4.31 Å². The number of rotatable bonds is 4. The van der Waals surface area contributed by atoms with Crippen LogP contribution in [0.25, 0.3) is 0 Å². The van der Waals surface area contributed by atoms with Crippen LogP contribution in [0.1, 0.15) is 0 Å². The van der Waals surface area contributed by atoms with E-state index in [2.05, 4.69) is 5.32 Å². The topological polar surface area (TPSA) is 136 Å². The van der Waals surface area contributed by atoms with Gasteiger partial charge in [0.15, 0.2) is 19.7 Å². The maximum atomic E-state index is 13.7. The van der Waals surface area contributed by atoms with Crippen molar-refractivity contribution in [1.82, 2.24) is 9.62 Å². The van der Waals surface area contributed by atoms with Crippen LogP contribution in [0.4, 0.5) is 0 Å². The van der Waals surface area contributed by atoms with E-state index in [1.807, 2.05) is 0 Å². The van der Waals surface area contributed by atoms with Crippen LogP contribution in [0.15, 0.2) is 23.1 Å². The highest BCUT2D eigenvalue weighted by atomic mass is 32.2. The summed E-state index contributed by atoms with van der Waals surface area (Å²) in [5.41, 5.74) is 0. The third-order valence-electron chi connectivity index (χ3n) is 5.65. The summed E-state index contributed by atoms with van der Waals surface area (Å²) in [4.78, 5) is -0.159. The molecule has 162 valence electrons. The van der Waals surface area contributed by atoms with Gasteiger partial charge in [0.1, 0.15) is 16.4 Å². The average Bonchev–Trinajstić information content (AvgIpc) is 3.10. The van der Waals surface area contributed by atoms with E-state index in [-0.39, 0.29) is 33.7 Å². The molecule has 0 saturated carbocycles. The number of piperazine rings is 1. The summed E-state index contributed by atoms with van der Waals surface area (Å²) in [6.45, 7) is 0. The van der Waals surface area contributed by atoms with Gasteiger partial charge in [0, 0.05) is 18.2 Å². The number of ether oxygens (including phenoxy) is 2. The highest BCUT2D eigenvalue weighted by Crippen LogP contribution is 2.39. The van der Waals surface area contributed by atoms with Gasteiger partial charge in [-0.2, -0.15) is 4.31 Å². The van der Waals surface area contributed by atoms with Crippen molar-refractivity contribution in [3.8, 4) is 11.5 Å². The molecule has 1 aromatic rings. The maximum absolute atomic E-state index is 13.7. The molecular weight excluding hydrogens is 444 g/mol. The SMILES string of the molecule is COc1ccc(S(=O)(=O)N2[C@@H]3CS(=O)(=O)C[C@@H]3N[C@@H]3CS(=O)(=O)C[C@@H]32)c(OC)c1. The fraction of sp³-hybridized carbons (Fsp3) is 0.625. The molecule has 3 fully saturated rings. The molecule has 0 bridgehead atoms. The van der Waals surface area contributed by atoms with Crippen LogP contribution >= 0.6 is 0 Å². The molecule has 10 nitrogen and oxygen atoms in total. The van der Waals surface area contributed by atoms with Crippen molar-refractivity contribution in [1.29, 1.82) is 0 Å². The lowest BCUT2D eigenvalue weighted by atomic mass is 10.0. The number of fused-ring (bicyclic) bond motifs is 2. The zero-order chi connectivity index (χ0) is 21.2. The van der Waals surface area contributed by atoms with Crippen LogP contribution in [0.2, 0.25) is 0 Å². The first-order valence-corrected chi connectivity index (χ1v) is 14.0. The third-order valence-corrected chi connectivity index (χ3v) is 11.1. The molecule has 1 aromatic carbocycles. The third kappa shape index (κ3) is 3.52. The molecule has 4 atom stereocenters. The summed E-state index contributed by atoms with van der Waals surface area (Å²) in [7, 11) is -8.43. The second-order valence-electron chi connectivity index (χ2n) is 7.52. The molecule has 3 heterocycles. The lowest BCUT2D eigenvalue weighted by molar-refractivity contribution is 0.160. The normalized spacial score (nSPS) is 33.0. The molecule has 13 heteroatoms. The van der Waals surface area contributed by atoms with E-state index < -0.39 is 53.9 Å². The number of benzene rings is 1. The summed E-state index contributed by atoms with van der Waals surface area (Å²) < 4.78 is 87.7. The highest BCUT2D eigenvalue weighted by Gasteiger charge is 2.57. The van der Waals surface area contributed by atoms with Gasteiger partial charge >= 0.3 is 0 Å². The van der Waals surface area contributed by atoms with Crippen molar-refractivity contribution < 1.29 is 34.7 Å². The van der Waals surface area contributed by atoms with Gasteiger partial charge in [-0.1, -0.05) is 0 Å². The quantitative estimate of drug-likeness (QED) is 0.570. The van der Waals surface area contributed by atoms with Gasteiger partial charge in [0.25, 0.3) is 0 Å². The maximum Gasteiger partial charge on any atom is 0.247 e. The Morgan fingerprint density at radius 3 is 1.97 bits per heavy atom. The Morgan fingerprint density at radius 1 is 0.931 bits per heavy atom. The van der Waals surface area contributed by atoms with Gasteiger partial charge in [-0.25, -0.2) is 25.3 Å². The van der Waals surface area contributed by atoms with E-state index in [1.165, 1.54) is 32.4 Å². The fourth-order valence-electron chi connectivity index (χ4n) is 4.46. The number of nitrogens with one attached hydrogen (secondary N) is 1. The first-order valence-electron chi connectivity index (χ1n) is 8.90. The molecule has 1 N–H and O–H groups in total. The molecule has 0 radical (unpaired) electrons. The number of hydrogen-bond donors (Lipinski definition) is 1. The summed E-state index contributed by atoms with van der Waals surface area (Å²) in [5, 5.41) is 3.07. The van der Waals surface area contributed by atoms with Crippen LogP contribution in [0.5, 0.6) is 11.5 Å². The van der Waals surface area contributed by atoms with Gasteiger partial charge in [0.2, 0.25) is 10.0 Å². The highest BCUT2D eigenvalue weighted by molar-refractivity contribution is 7.92. The van der Waals surface area contributed by atoms with E-state index in [0.29, 0.717) is 5.75 Å². The average molecular weight is 467 g/mol. The minimum atomic E-state index is -4.25. The molecule has 3 aliphatic rings. The van der Waals surface area contributed by atoms with Crippen molar-refractivity contribution in [2.45, 2.75) is 29.1 Å². The van der Waals surface area contributed by atoms with E-state index >= 15 is 0 Å². The predicted octanol–water partition coefficient (Wildman–Crippen LogP) is -1.37. The molecule has 0 spiro atoms. The summed E-state index contributed by atoms with van der Waals surface area (Å²) >= 11 is 0. The molecule has 0 aromatic heterocycles. The number of methoxy groups -OCH3 is 2. The Labute approximate surface area is 170 Å². The summed E-state index contributed by atoms with van der Waals surface area (Å²) in [6.07, 6.45) is 0. The fourth-order valence-corrected chi connectivity index (χ4v) is 10.5. The van der Waals surface area contributed by atoms with Crippen molar-refractivity contribution in [2.24, 2.45) is 0 Å². The Balaban J connectivity index is 1.85. The number of hydrogen-bond acceptors (Lipinski definition) is 9. The molecule has 29 heavy (non-hydrogen) atoms. The van der Waals surface area contributed by atoms with E-state index in [1.54, 1.807) is 0 Å². The second-order valence-corrected chi connectivity index (χ2v) is 13.6. The van der Waals surface area contributed by atoms with Crippen LogP contribution < -0.4 is 14.8 Å². The molecular formula is C16H22N2O8S3. The summed E-state index contributed by atoms with van der Waals surface area (Å²) in [6, 6.07) is 1.12. The predicted molar refractivity (Wildman–Crippen MR) is 104 cm³/mol. The van der Waals surface area contributed by atoms with E-state index in [9.17, 15) is 25.3 Å². The number of sulfone groups is 2. The zero-order valence-corrected chi connectivity index (χ0v) is 18.3. The smallest absolute Gasteiger partial charge is 0.247 e. The lowest BCUT2D eigenvalue weighted by Gasteiger charge is -2.43. The van der Waals surface area contributed by atoms with Crippen molar-refractivity contribution in [3.05, 3.63) is 18.2 Å². The zero-order valence-electron chi connectivity index (χ0n) is 15.8. The summed E-state index contributed by atoms with van der Waals surface area (Å²) in [5.74, 6) is -0.738. The molecule has 3 saturated heterocycles. The van der Waals surface area contributed by atoms with E-state index in [4.69, 9.17) is 9.47 Å². The molecule has 0 unspecified atom stereocenters. The minimum absolute atomic E-state index is 0.0395. The van der Waals surface area contributed by atoms with Gasteiger partial charge in [0.05, 0.1) is 49.3 Å². The Kier molecular flexibility index (Phi) is 4.89. The molecule has 4 rings (SSSR count). The van der Waals surface area contributed by atoms with Gasteiger partial charge in [-0.3, -0.25) is 0 Å². The largest absolute Gasteiger partial charge is 0.497 e. The first kappa shape index (κ1) is 20.8. The van der Waals surface area contributed by atoms with Crippen LogP contribution in [-0.2, 0) is 29.7 Å². The van der Waals surface area contributed by atoms with Gasteiger partial charge in [-0.05, 0) is 12.1 Å². The van der Waals surface area contributed by atoms with Gasteiger partial charge in [-0.15, -0.1) is 0 Å². The molecule has 3 aliphatic heterocycles. The Morgan fingerprint density at radius 2 is 1.48 bits per heavy atom. The van der Waals surface area contributed by atoms with Crippen LogP contribution in [0, 0.1) is 0 Å². The second kappa shape index (κ2) is 6.80. The molecule has 0 amide bonds. The number of sulfonamides is 1. The van der Waals surface area contributed by atoms with Crippen molar-refractivity contribution >= 4 is 29.7 Å². The van der Waals surface area contributed by atoms with Crippen molar-refractivity contribution in [3.63, 3.8) is 0 Å².